The van der Waals surface area contributed by atoms with Crippen LogP contribution in [0.15, 0.2) is 54.6 Å². The molecule has 0 bridgehead atoms. The van der Waals surface area contributed by atoms with E-state index in [2.05, 4.69) is 10.6 Å². The fourth-order valence-corrected chi connectivity index (χ4v) is 5.24. The van der Waals surface area contributed by atoms with Gasteiger partial charge < -0.3 is 29.9 Å². The fourth-order valence-electron chi connectivity index (χ4n) is 5.24. The lowest BCUT2D eigenvalue weighted by Crippen LogP contribution is -2.50. The van der Waals surface area contributed by atoms with Crippen LogP contribution in [0.4, 0.5) is 15.3 Å². The molecule has 2 saturated heterocycles. The first-order valence-electron chi connectivity index (χ1n) is 12.9. The van der Waals surface area contributed by atoms with Crippen molar-refractivity contribution in [2.75, 3.05) is 45.2 Å². The Hall–Kier alpha value is -3.75. The van der Waals surface area contributed by atoms with Gasteiger partial charge in [-0.25, -0.2) is 9.59 Å². The Morgan fingerprint density at radius 2 is 1.59 bits per heavy atom. The van der Waals surface area contributed by atoms with Crippen molar-refractivity contribution in [3.05, 3.63) is 60.2 Å². The van der Waals surface area contributed by atoms with Crippen molar-refractivity contribution >= 4 is 23.7 Å². The standard InChI is InChI=1S/C28H36N4O5/c1-3-37-27(35)30-23(19-21-9-5-4-6-10-21)25(33)32-18-15-28(20-32)13-16-31(17-14-28)26(34)29-22-11-7-8-12-24(22)36-2/h4-12,23H,3,13-20H2,1-2H3,(H,29,34)(H,30,35). The zero-order valence-corrected chi connectivity index (χ0v) is 21.6. The second kappa shape index (κ2) is 12.0. The van der Waals surface area contributed by atoms with Crippen molar-refractivity contribution in [3.8, 4) is 5.75 Å². The zero-order valence-electron chi connectivity index (χ0n) is 21.6. The number of likely N-dealkylation sites (tertiary alicyclic amines) is 2. The second-order valence-corrected chi connectivity index (χ2v) is 9.73. The van der Waals surface area contributed by atoms with Crippen LogP contribution < -0.4 is 15.4 Å². The van der Waals surface area contributed by atoms with Crippen molar-refractivity contribution in [2.45, 2.75) is 38.6 Å². The molecule has 2 aromatic carbocycles. The van der Waals surface area contributed by atoms with Gasteiger partial charge in [-0.1, -0.05) is 42.5 Å². The molecule has 4 rings (SSSR count). The van der Waals surface area contributed by atoms with Crippen molar-refractivity contribution in [1.29, 1.82) is 0 Å². The van der Waals surface area contributed by atoms with Crippen molar-refractivity contribution in [2.24, 2.45) is 5.41 Å². The molecule has 9 nitrogen and oxygen atoms in total. The summed E-state index contributed by atoms with van der Waals surface area (Å²) in [5, 5.41) is 5.71. The molecule has 2 heterocycles. The monoisotopic (exact) mass is 508 g/mol. The molecule has 198 valence electrons. The quantitative estimate of drug-likeness (QED) is 0.591. The number of carbonyl (C=O) groups excluding carboxylic acids is 3. The summed E-state index contributed by atoms with van der Waals surface area (Å²) in [6, 6.07) is 16.2. The average Bonchev–Trinajstić information content (AvgIpc) is 3.32. The average molecular weight is 509 g/mol. The molecule has 2 aromatic rings. The maximum absolute atomic E-state index is 13.5. The lowest BCUT2D eigenvalue weighted by molar-refractivity contribution is -0.132. The minimum absolute atomic E-state index is 0.0158. The van der Waals surface area contributed by atoms with E-state index in [1.54, 1.807) is 14.0 Å². The first-order chi connectivity index (χ1) is 17.9. The number of hydrogen-bond acceptors (Lipinski definition) is 5. The van der Waals surface area contributed by atoms with Gasteiger partial charge >= 0.3 is 12.1 Å². The minimum Gasteiger partial charge on any atom is -0.495 e. The van der Waals surface area contributed by atoms with Gasteiger partial charge in [0.1, 0.15) is 11.8 Å². The number of anilines is 1. The highest BCUT2D eigenvalue weighted by Crippen LogP contribution is 2.41. The van der Waals surface area contributed by atoms with Gasteiger partial charge in [-0.2, -0.15) is 0 Å². The first-order valence-corrected chi connectivity index (χ1v) is 12.9. The minimum atomic E-state index is -0.691. The van der Waals surface area contributed by atoms with Crippen LogP contribution in [-0.2, 0) is 16.0 Å². The van der Waals surface area contributed by atoms with E-state index in [1.165, 1.54) is 0 Å². The number of piperidine rings is 1. The Balaban J connectivity index is 1.35. The van der Waals surface area contributed by atoms with Crippen LogP contribution in [0, 0.1) is 5.41 Å². The van der Waals surface area contributed by atoms with Crippen LogP contribution in [0.3, 0.4) is 0 Å². The third kappa shape index (κ3) is 6.53. The number of benzene rings is 2. The van der Waals surface area contributed by atoms with Gasteiger partial charge in [-0.3, -0.25) is 4.79 Å². The summed E-state index contributed by atoms with van der Waals surface area (Å²) in [6.07, 6.45) is 2.35. The number of nitrogens with one attached hydrogen (secondary N) is 2. The zero-order chi connectivity index (χ0) is 26.3. The summed E-state index contributed by atoms with van der Waals surface area (Å²) >= 11 is 0. The highest BCUT2D eigenvalue weighted by Gasteiger charge is 2.44. The van der Waals surface area contributed by atoms with Crippen LogP contribution in [-0.4, -0.2) is 73.8 Å². The van der Waals surface area contributed by atoms with Crippen LogP contribution >= 0.6 is 0 Å². The lowest BCUT2D eigenvalue weighted by Gasteiger charge is -2.39. The summed E-state index contributed by atoms with van der Waals surface area (Å²) in [4.78, 5) is 42.3. The second-order valence-electron chi connectivity index (χ2n) is 9.73. The van der Waals surface area contributed by atoms with Gasteiger partial charge in [-0.05, 0) is 49.3 Å². The Morgan fingerprint density at radius 1 is 0.946 bits per heavy atom. The highest BCUT2D eigenvalue weighted by molar-refractivity contribution is 5.91. The topological polar surface area (TPSA) is 100 Å². The Morgan fingerprint density at radius 3 is 2.27 bits per heavy atom. The van der Waals surface area contributed by atoms with Crippen molar-refractivity contribution in [1.82, 2.24) is 15.1 Å². The number of rotatable bonds is 7. The van der Waals surface area contributed by atoms with Crippen molar-refractivity contribution < 1.29 is 23.9 Å². The molecule has 1 unspecified atom stereocenters. The van der Waals surface area contributed by atoms with Gasteiger partial charge in [0.25, 0.3) is 0 Å². The Kier molecular flexibility index (Phi) is 8.53. The van der Waals surface area contributed by atoms with Gasteiger partial charge in [0.15, 0.2) is 0 Å². The molecule has 2 aliphatic rings. The van der Waals surface area contributed by atoms with Gasteiger partial charge in [0, 0.05) is 32.6 Å². The van der Waals surface area contributed by atoms with Gasteiger partial charge in [0.2, 0.25) is 5.91 Å². The van der Waals surface area contributed by atoms with Crippen LogP contribution in [0.5, 0.6) is 5.75 Å². The number of nitrogens with zero attached hydrogens (tertiary/aromatic N) is 2. The van der Waals surface area contributed by atoms with Crippen molar-refractivity contribution in [3.63, 3.8) is 0 Å². The summed E-state index contributed by atoms with van der Waals surface area (Å²) in [5.74, 6) is 0.529. The van der Waals surface area contributed by atoms with Crippen LogP contribution in [0.25, 0.3) is 0 Å². The van der Waals surface area contributed by atoms with E-state index in [0.717, 1.165) is 24.8 Å². The van der Waals surface area contributed by atoms with E-state index in [1.807, 2.05) is 64.4 Å². The van der Waals surface area contributed by atoms with E-state index in [4.69, 9.17) is 9.47 Å². The molecule has 1 spiro atoms. The summed E-state index contributed by atoms with van der Waals surface area (Å²) in [5.41, 5.74) is 1.60. The maximum Gasteiger partial charge on any atom is 0.407 e. The maximum atomic E-state index is 13.5. The molecular weight excluding hydrogens is 472 g/mol. The summed E-state index contributed by atoms with van der Waals surface area (Å²) in [6.45, 7) is 4.49. The predicted octanol–water partition coefficient (Wildman–Crippen LogP) is 3.90. The van der Waals surface area contributed by atoms with Crippen LogP contribution in [0.2, 0.25) is 0 Å². The number of para-hydroxylation sites is 2. The molecule has 9 heteroatoms. The molecule has 0 aromatic heterocycles. The molecule has 1 atom stereocenters. The summed E-state index contributed by atoms with van der Waals surface area (Å²) < 4.78 is 10.4. The fraction of sp³-hybridized carbons (Fsp3) is 0.464. The van der Waals surface area contributed by atoms with Crippen LogP contribution in [0.1, 0.15) is 31.7 Å². The highest BCUT2D eigenvalue weighted by atomic mass is 16.5. The third-order valence-electron chi connectivity index (χ3n) is 7.36. The SMILES string of the molecule is CCOC(=O)NC(Cc1ccccc1)C(=O)N1CCC2(CCN(C(=O)Nc3ccccc3OC)CC2)C1. The van der Waals surface area contributed by atoms with Gasteiger partial charge in [-0.15, -0.1) is 0 Å². The van der Waals surface area contributed by atoms with E-state index in [0.29, 0.717) is 44.0 Å². The third-order valence-corrected chi connectivity index (χ3v) is 7.36. The van der Waals surface area contributed by atoms with E-state index < -0.39 is 12.1 Å². The number of ether oxygens (including phenoxy) is 2. The number of amides is 4. The van der Waals surface area contributed by atoms with E-state index in [9.17, 15) is 14.4 Å². The molecule has 0 aliphatic carbocycles. The molecule has 4 amide bonds. The molecule has 2 fully saturated rings. The largest absolute Gasteiger partial charge is 0.495 e. The summed E-state index contributed by atoms with van der Waals surface area (Å²) in [7, 11) is 1.58. The number of hydrogen-bond donors (Lipinski definition) is 2. The first kappa shape index (κ1) is 26.3. The van der Waals surface area contributed by atoms with E-state index in [-0.39, 0.29) is 24.0 Å². The molecule has 37 heavy (non-hydrogen) atoms. The number of methoxy groups -OCH3 is 1. The lowest BCUT2D eigenvalue weighted by atomic mass is 9.78. The Bertz CT molecular complexity index is 1080. The normalized spacial score (nSPS) is 17.2. The number of alkyl carbamates (subject to hydrolysis) is 1. The molecule has 0 radical (unpaired) electrons. The Labute approximate surface area is 218 Å². The number of carbonyl (C=O) groups is 3. The van der Waals surface area contributed by atoms with E-state index >= 15 is 0 Å². The molecular formula is C28H36N4O5. The van der Waals surface area contributed by atoms with Gasteiger partial charge in [0.05, 0.1) is 19.4 Å². The predicted molar refractivity (Wildman–Crippen MR) is 141 cm³/mol. The molecule has 2 aliphatic heterocycles. The molecule has 2 N–H and O–H groups in total. The molecule has 0 saturated carbocycles. The smallest absolute Gasteiger partial charge is 0.407 e. The number of urea groups is 1.